The number of nitrogens with zero attached hydrogens (tertiary/aromatic N) is 3. The van der Waals surface area contributed by atoms with Crippen LogP contribution >= 0.6 is 0 Å². The molecule has 0 saturated carbocycles. The molecular formula is C23H26N4O2. The fourth-order valence-corrected chi connectivity index (χ4v) is 3.14. The monoisotopic (exact) mass is 390 g/mol. The molecule has 0 spiro atoms. The summed E-state index contributed by atoms with van der Waals surface area (Å²) in [5, 5.41) is 7.11. The van der Waals surface area contributed by atoms with Gasteiger partial charge in [0.05, 0.1) is 5.69 Å². The molecule has 0 aliphatic rings. The molecule has 29 heavy (non-hydrogen) atoms. The van der Waals surface area contributed by atoms with Crippen LogP contribution in [0.3, 0.4) is 0 Å². The normalized spacial score (nSPS) is 10.9. The molecule has 0 saturated heterocycles. The zero-order valence-corrected chi connectivity index (χ0v) is 16.8. The van der Waals surface area contributed by atoms with Crippen LogP contribution in [0.15, 0.2) is 71.5 Å². The lowest BCUT2D eigenvalue weighted by Gasteiger charge is -2.16. The van der Waals surface area contributed by atoms with Crippen LogP contribution in [-0.4, -0.2) is 40.7 Å². The van der Waals surface area contributed by atoms with Crippen molar-refractivity contribution in [2.45, 2.75) is 19.9 Å². The van der Waals surface area contributed by atoms with E-state index in [2.05, 4.69) is 34.5 Å². The highest BCUT2D eigenvalue weighted by Gasteiger charge is 2.15. The van der Waals surface area contributed by atoms with Gasteiger partial charge in [-0.1, -0.05) is 48.5 Å². The van der Waals surface area contributed by atoms with Crippen LogP contribution in [0.5, 0.6) is 0 Å². The summed E-state index contributed by atoms with van der Waals surface area (Å²) >= 11 is 0. The SMILES string of the molecule is Cc1cc(=O)c(C(=O)NCCCN(C)Cc2ccccc2)nn1-c1ccccc1. The topological polar surface area (TPSA) is 67.2 Å². The Balaban J connectivity index is 1.56. The van der Waals surface area contributed by atoms with Crippen LogP contribution in [0.4, 0.5) is 0 Å². The third kappa shape index (κ3) is 5.62. The molecular weight excluding hydrogens is 364 g/mol. The van der Waals surface area contributed by atoms with Gasteiger partial charge in [0.25, 0.3) is 5.91 Å². The summed E-state index contributed by atoms with van der Waals surface area (Å²) in [6.45, 7) is 3.98. The lowest BCUT2D eigenvalue weighted by Crippen LogP contribution is -2.33. The first-order valence-corrected chi connectivity index (χ1v) is 9.71. The van der Waals surface area contributed by atoms with E-state index in [1.165, 1.54) is 11.6 Å². The molecule has 6 heteroatoms. The molecule has 3 aromatic rings. The Morgan fingerprint density at radius 2 is 1.72 bits per heavy atom. The number of para-hydroxylation sites is 1. The minimum absolute atomic E-state index is 0.0860. The predicted octanol–water partition coefficient (Wildman–Crippen LogP) is 2.79. The predicted molar refractivity (Wildman–Crippen MR) is 114 cm³/mol. The number of amides is 1. The summed E-state index contributed by atoms with van der Waals surface area (Å²) in [7, 11) is 2.05. The molecule has 0 radical (unpaired) electrons. The van der Waals surface area contributed by atoms with Crippen LogP contribution in [0.2, 0.25) is 0 Å². The first kappa shape index (κ1) is 20.5. The Morgan fingerprint density at radius 1 is 1.07 bits per heavy atom. The minimum Gasteiger partial charge on any atom is -0.350 e. The Labute approximate surface area is 170 Å². The smallest absolute Gasteiger partial charge is 0.275 e. The third-order valence-corrected chi connectivity index (χ3v) is 4.62. The van der Waals surface area contributed by atoms with Crippen LogP contribution in [0.1, 0.15) is 28.2 Å². The Hall–Kier alpha value is -3.25. The number of benzene rings is 2. The summed E-state index contributed by atoms with van der Waals surface area (Å²) in [6.07, 6.45) is 0.786. The van der Waals surface area contributed by atoms with Crippen molar-refractivity contribution >= 4 is 5.91 Å². The van der Waals surface area contributed by atoms with Gasteiger partial charge >= 0.3 is 0 Å². The maximum absolute atomic E-state index is 12.5. The highest BCUT2D eigenvalue weighted by Crippen LogP contribution is 2.08. The van der Waals surface area contributed by atoms with Crippen LogP contribution in [-0.2, 0) is 6.54 Å². The number of rotatable bonds is 8. The molecule has 0 fully saturated rings. The second-order valence-corrected chi connectivity index (χ2v) is 7.08. The number of carbonyl (C=O) groups is 1. The van der Waals surface area contributed by atoms with Gasteiger partial charge in [0.1, 0.15) is 0 Å². The fraction of sp³-hybridized carbons (Fsp3) is 0.261. The van der Waals surface area contributed by atoms with E-state index in [9.17, 15) is 9.59 Å². The van der Waals surface area contributed by atoms with E-state index in [0.29, 0.717) is 12.2 Å². The van der Waals surface area contributed by atoms with Gasteiger partial charge in [-0.25, -0.2) is 4.68 Å². The molecule has 1 N–H and O–H groups in total. The van der Waals surface area contributed by atoms with Gasteiger partial charge in [0, 0.05) is 24.8 Å². The summed E-state index contributed by atoms with van der Waals surface area (Å²) in [5.41, 5.74) is 2.29. The van der Waals surface area contributed by atoms with Crippen molar-refractivity contribution in [2.24, 2.45) is 0 Å². The van der Waals surface area contributed by atoms with Gasteiger partial charge < -0.3 is 10.2 Å². The van der Waals surface area contributed by atoms with Crippen LogP contribution in [0, 0.1) is 6.92 Å². The van der Waals surface area contributed by atoms with Crippen molar-refractivity contribution in [3.8, 4) is 5.69 Å². The number of hydrogen-bond acceptors (Lipinski definition) is 4. The van der Waals surface area contributed by atoms with Crippen molar-refractivity contribution < 1.29 is 4.79 Å². The van der Waals surface area contributed by atoms with Crippen LogP contribution < -0.4 is 10.7 Å². The van der Waals surface area contributed by atoms with E-state index in [4.69, 9.17) is 0 Å². The van der Waals surface area contributed by atoms with Crippen LogP contribution in [0.25, 0.3) is 5.69 Å². The van der Waals surface area contributed by atoms with Gasteiger partial charge in [0.15, 0.2) is 5.69 Å². The largest absolute Gasteiger partial charge is 0.350 e. The summed E-state index contributed by atoms with van der Waals surface area (Å²) in [5.74, 6) is -0.439. The molecule has 0 aliphatic heterocycles. The number of aryl methyl sites for hydroxylation is 1. The molecule has 0 atom stereocenters. The van der Waals surface area contributed by atoms with Crippen molar-refractivity contribution in [1.82, 2.24) is 20.0 Å². The second kappa shape index (κ2) is 9.80. The minimum atomic E-state index is -0.439. The Kier molecular flexibility index (Phi) is 6.92. The molecule has 1 amide bonds. The first-order chi connectivity index (χ1) is 14.0. The lowest BCUT2D eigenvalue weighted by atomic mass is 10.2. The third-order valence-electron chi connectivity index (χ3n) is 4.62. The van der Waals surface area contributed by atoms with Crippen molar-refractivity contribution in [1.29, 1.82) is 0 Å². The first-order valence-electron chi connectivity index (χ1n) is 9.71. The zero-order valence-electron chi connectivity index (χ0n) is 16.8. The average molecular weight is 390 g/mol. The van der Waals surface area contributed by atoms with E-state index in [1.54, 1.807) is 11.6 Å². The number of aromatic nitrogens is 2. The Morgan fingerprint density at radius 3 is 2.41 bits per heavy atom. The van der Waals surface area contributed by atoms with Gasteiger partial charge in [-0.15, -0.1) is 0 Å². The molecule has 0 aliphatic carbocycles. The lowest BCUT2D eigenvalue weighted by molar-refractivity contribution is 0.0944. The molecule has 3 rings (SSSR count). The van der Waals surface area contributed by atoms with Crippen molar-refractivity contribution in [2.75, 3.05) is 20.1 Å². The molecule has 0 bridgehead atoms. The maximum atomic E-state index is 12.5. The zero-order chi connectivity index (χ0) is 20.6. The Bertz CT molecular complexity index is 1000. The van der Waals surface area contributed by atoms with Gasteiger partial charge in [0.2, 0.25) is 5.43 Å². The molecule has 6 nitrogen and oxygen atoms in total. The van der Waals surface area contributed by atoms with Gasteiger partial charge in [-0.05, 0) is 44.6 Å². The van der Waals surface area contributed by atoms with E-state index in [-0.39, 0.29) is 11.1 Å². The van der Waals surface area contributed by atoms with Crippen molar-refractivity contribution in [3.63, 3.8) is 0 Å². The summed E-state index contributed by atoms with van der Waals surface area (Å²) < 4.78 is 1.62. The maximum Gasteiger partial charge on any atom is 0.275 e. The highest BCUT2D eigenvalue weighted by atomic mass is 16.2. The fourth-order valence-electron chi connectivity index (χ4n) is 3.14. The molecule has 1 aromatic heterocycles. The van der Waals surface area contributed by atoms with Gasteiger partial charge in [-0.3, -0.25) is 9.59 Å². The molecule has 2 aromatic carbocycles. The van der Waals surface area contributed by atoms with E-state index < -0.39 is 5.91 Å². The standard InChI is InChI=1S/C23H26N4O2/c1-18-16-21(28)22(25-27(18)20-12-7-4-8-13-20)23(29)24-14-9-15-26(2)17-19-10-5-3-6-11-19/h3-8,10-13,16H,9,14-15,17H2,1-2H3,(H,24,29). The van der Waals surface area contributed by atoms with E-state index >= 15 is 0 Å². The summed E-state index contributed by atoms with van der Waals surface area (Å²) in [6, 6.07) is 21.2. The number of carbonyl (C=O) groups excluding carboxylic acids is 1. The van der Waals surface area contributed by atoms with E-state index in [1.807, 2.05) is 48.5 Å². The quantitative estimate of drug-likeness (QED) is 0.601. The molecule has 150 valence electrons. The molecule has 0 unspecified atom stereocenters. The van der Waals surface area contributed by atoms with Crippen molar-refractivity contribution in [3.05, 3.63) is 93.9 Å². The summed E-state index contributed by atoms with van der Waals surface area (Å²) in [4.78, 5) is 27.0. The number of nitrogens with one attached hydrogen (secondary N) is 1. The molecule has 1 heterocycles. The number of hydrogen-bond donors (Lipinski definition) is 1. The van der Waals surface area contributed by atoms with E-state index in [0.717, 1.165) is 25.2 Å². The second-order valence-electron chi connectivity index (χ2n) is 7.08. The van der Waals surface area contributed by atoms with Gasteiger partial charge in [-0.2, -0.15) is 5.10 Å². The highest BCUT2D eigenvalue weighted by molar-refractivity contribution is 5.92. The average Bonchev–Trinajstić information content (AvgIpc) is 2.72.